The predicted molar refractivity (Wildman–Crippen MR) is 184 cm³/mol. The lowest BCUT2D eigenvalue weighted by molar-refractivity contribution is -0.123. The van der Waals surface area contributed by atoms with Crippen LogP contribution in [0.1, 0.15) is 70.8 Å². The zero-order valence-electron chi connectivity index (χ0n) is 28.9. The number of hydrogen-bond donors (Lipinski definition) is 2. The van der Waals surface area contributed by atoms with Crippen molar-refractivity contribution in [2.75, 3.05) is 26.2 Å². The molecule has 1 fully saturated rings. The van der Waals surface area contributed by atoms with Crippen LogP contribution in [-0.4, -0.2) is 92.1 Å². The van der Waals surface area contributed by atoms with E-state index in [1.165, 1.54) is 52.6 Å². The van der Waals surface area contributed by atoms with Crippen LogP contribution >= 0.6 is 0 Å². The van der Waals surface area contributed by atoms with Crippen LogP contribution in [0.4, 0.5) is 4.39 Å². The van der Waals surface area contributed by atoms with Crippen molar-refractivity contribution in [3.8, 4) is 17.2 Å². The second-order valence-electron chi connectivity index (χ2n) is 13.7. The minimum Gasteiger partial charge on any atom is -0.457 e. The third kappa shape index (κ3) is 8.40. The first-order chi connectivity index (χ1) is 24.4. The first-order valence-electron chi connectivity index (χ1n) is 16.8. The summed E-state index contributed by atoms with van der Waals surface area (Å²) in [5.41, 5.74) is 1.10. The van der Waals surface area contributed by atoms with E-state index in [2.05, 4.69) is 20.7 Å². The molecule has 3 heterocycles. The molecule has 6 rings (SSSR count). The van der Waals surface area contributed by atoms with Gasteiger partial charge in [0.1, 0.15) is 30.0 Å². The van der Waals surface area contributed by atoms with E-state index in [0.717, 1.165) is 0 Å². The molecule has 2 aliphatic rings. The van der Waals surface area contributed by atoms with Gasteiger partial charge < -0.3 is 29.9 Å². The number of likely N-dealkylation sites (tertiary alicyclic amines) is 1. The van der Waals surface area contributed by atoms with E-state index >= 15 is 0 Å². The molecule has 4 amide bonds. The number of para-hydroxylation sites is 1. The lowest BCUT2D eigenvalue weighted by Gasteiger charge is -2.25. The summed E-state index contributed by atoms with van der Waals surface area (Å²) in [4.78, 5) is 61.8. The van der Waals surface area contributed by atoms with E-state index in [9.17, 15) is 23.6 Å². The fourth-order valence-electron chi connectivity index (χ4n) is 6.16. The van der Waals surface area contributed by atoms with Crippen molar-refractivity contribution < 1.29 is 33.0 Å². The Bertz CT molecular complexity index is 1940. The van der Waals surface area contributed by atoms with Gasteiger partial charge in [-0.25, -0.2) is 14.1 Å². The van der Waals surface area contributed by atoms with Crippen molar-refractivity contribution in [1.82, 2.24) is 35.2 Å². The summed E-state index contributed by atoms with van der Waals surface area (Å²) >= 11 is 0. The zero-order valence-corrected chi connectivity index (χ0v) is 28.9. The molecule has 2 N–H and O–H groups in total. The molecule has 3 aromatic carbocycles. The molecule has 4 bridgehead atoms. The first kappa shape index (κ1) is 35.2. The topological polar surface area (TPSA) is 148 Å². The van der Waals surface area contributed by atoms with Gasteiger partial charge in [0.15, 0.2) is 0 Å². The van der Waals surface area contributed by atoms with Crippen LogP contribution in [0.2, 0.25) is 0 Å². The molecular formula is C37H40FN7O6. The van der Waals surface area contributed by atoms with Crippen molar-refractivity contribution >= 4 is 23.6 Å². The summed E-state index contributed by atoms with van der Waals surface area (Å²) in [7, 11) is 0. The molecule has 1 aromatic heterocycles. The van der Waals surface area contributed by atoms with Crippen molar-refractivity contribution in [2.45, 2.75) is 58.4 Å². The second-order valence-corrected chi connectivity index (χ2v) is 13.7. The molecule has 0 spiro atoms. The number of halogens is 1. The number of fused-ring (bicyclic) bond motifs is 5. The molecule has 4 aromatic rings. The molecular weight excluding hydrogens is 657 g/mol. The number of benzene rings is 3. The highest BCUT2D eigenvalue weighted by Crippen LogP contribution is 2.29. The Morgan fingerprint density at radius 3 is 2.57 bits per heavy atom. The smallest absolute Gasteiger partial charge is 0.256 e. The number of amides is 4. The molecule has 0 unspecified atom stereocenters. The number of aromatic nitrogens is 3. The summed E-state index contributed by atoms with van der Waals surface area (Å²) in [5.74, 6) is -1.98. The van der Waals surface area contributed by atoms with Gasteiger partial charge in [-0.15, -0.1) is 0 Å². The van der Waals surface area contributed by atoms with Crippen LogP contribution in [0.3, 0.4) is 0 Å². The van der Waals surface area contributed by atoms with Gasteiger partial charge in [-0.05, 0) is 75.2 Å². The van der Waals surface area contributed by atoms with E-state index in [4.69, 9.17) is 9.47 Å². The molecule has 0 saturated carbocycles. The lowest BCUT2D eigenvalue weighted by atomic mass is 10.0. The van der Waals surface area contributed by atoms with Crippen molar-refractivity contribution in [3.63, 3.8) is 0 Å². The van der Waals surface area contributed by atoms with Gasteiger partial charge in [-0.3, -0.25) is 19.2 Å². The van der Waals surface area contributed by atoms with Crippen LogP contribution in [0.5, 0.6) is 11.5 Å². The van der Waals surface area contributed by atoms with Gasteiger partial charge in [0, 0.05) is 42.4 Å². The minimum absolute atomic E-state index is 0.0531. The summed E-state index contributed by atoms with van der Waals surface area (Å²) in [5, 5.41) is 10.0. The first-order valence-corrected chi connectivity index (χ1v) is 16.8. The summed E-state index contributed by atoms with van der Waals surface area (Å²) in [6.45, 7) is 7.56. The largest absolute Gasteiger partial charge is 0.457 e. The molecule has 266 valence electrons. The number of hydrogen-bond acceptors (Lipinski definition) is 8. The van der Waals surface area contributed by atoms with Gasteiger partial charge in [0.2, 0.25) is 5.91 Å². The molecule has 0 radical (unpaired) electrons. The fraction of sp³-hybridized carbons (Fsp3) is 0.351. The summed E-state index contributed by atoms with van der Waals surface area (Å²) in [6.07, 6.45) is 2.77. The fourth-order valence-corrected chi connectivity index (χ4v) is 6.16. The number of carbonyl (C=O) groups is 4. The third-order valence-electron chi connectivity index (χ3n) is 8.35. The average Bonchev–Trinajstić information content (AvgIpc) is 3.76. The van der Waals surface area contributed by atoms with Crippen LogP contribution < -0.4 is 15.4 Å². The van der Waals surface area contributed by atoms with E-state index in [1.807, 2.05) is 27.7 Å². The van der Waals surface area contributed by atoms with Gasteiger partial charge in [-0.2, -0.15) is 5.10 Å². The Balaban J connectivity index is 1.33. The Hall–Kier alpha value is -5.63. The quantitative estimate of drug-likeness (QED) is 0.317. The number of nitrogens with zero attached hydrogens (tertiary/aromatic N) is 5. The Morgan fingerprint density at radius 1 is 1.04 bits per heavy atom. The van der Waals surface area contributed by atoms with E-state index in [0.29, 0.717) is 23.2 Å². The highest BCUT2D eigenvalue weighted by Gasteiger charge is 2.38. The number of carbonyl (C=O) groups excluding carboxylic acids is 4. The monoisotopic (exact) mass is 697 g/mol. The van der Waals surface area contributed by atoms with Gasteiger partial charge >= 0.3 is 0 Å². The summed E-state index contributed by atoms with van der Waals surface area (Å²) in [6, 6.07) is 14.9. The Morgan fingerprint density at radius 2 is 1.82 bits per heavy atom. The molecule has 1 saturated heterocycles. The molecule has 51 heavy (non-hydrogen) atoms. The van der Waals surface area contributed by atoms with E-state index < -0.39 is 41.2 Å². The molecule has 0 aliphatic carbocycles. The summed E-state index contributed by atoms with van der Waals surface area (Å²) < 4.78 is 28.8. The van der Waals surface area contributed by atoms with Crippen LogP contribution in [-0.2, 0) is 16.1 Å². The number of ether oxygens (including phenoxy) is 2. The van der Waals surface area contributed by atoms with Crippen LogP contribution in [0.25, 0.3) is 5.69 Å². The normalized spacial score (nSPS) is 18.1. The predicted octanol–water partition coefficient (Wildman–Crippen LogP) is 4.12. The Labute approximate surface area is 294 Å². The van der Waals surface area contributed by atoms with Crippen LogP contribution in [0, 0.1) is 5.82 Å². The van der Waals surface area contributed by atoms with Gasteiger partial charge in [0.05, 0.1) is 36.5 Å². The maximum absolute atomic E-state index is 15.0. The van der Waals surface area contributed by atoms with Crippen LogP contribution in [0.15, 0.2) is 73.3 Å². The Kier molecular flexibility index (Phi) is 10.1. The maximum atomic E-state index is 15.0. The highest BCUT2D eigenvalue weighted by atomic mass is 19.1. The van der Waals surface area contributed by atoms with Gasteiger partial charge in [-0.1, -0.05) is 19.1 Å². The number of nitrogens with one attached hydrogen (secondary N) is 2. The minimum atomic E-state index is -0.663. The van der Waals surface area contributed by atoms with Crippen molar-refractivity contribution in [1.29, 1.82) is 0 Å². The van der Waals surface area contributed by atoms with E-state index in [1.54, 1.807) is 35.2 Å². The SMILES string of the molecule is CCCN1CC(=O)N[C@@H]2CN(C(=O)c3ccccc3-n3cncn3)C[C@H]2OCc2cc(F)cc(c2)Oc2cc(C(=O)NC(C)(C)C)cc(c2)C1=O. The lowest BCUT2D eigenvalue weighted by Crippen LogP contribution is -2.49. The van der Waals surface area contributed by atoms with Crippen molar-refractivity contribution in [3.05, 3.63) is 101 Å². The number of rotatable bonds is 5. The second kappa shape index (κ2) is 14.7. The standard InChI is InChI=1S/C37H40FN7O6/c1-5-10-43-19-33(46)41-30-17-44(36(49)29-8-6-7-9-31(29)45-22-39-21-40-45)18-32(30)50-20-23-11-26(38)16-27(12-23)51-28-14-24(13-25(15-28)35(43)48)34(47)42-37(2,3)4/h6-9,11-16,21-22,30,32H,5,10,17-20H2,1-4H3,(H,41,46)(H,42,47)/t30-,32-/m1/s1. The van der Waals surface area contributed by atoms with Crippen molar-refractivity contribution in [2.24, 2.45) is 0 Å². The third-order valence-corrected chi connectivity index (χ3v) is 8.35. The molecule has 2 atom stereocenters. The molecule has 14 heteroatoms. The van der Waals surface area contributed by atoms with Gasteiger partial charge in [0.25, 0.3) is 17.7 Å². The molecule has 13 nitrogen and oxygen atoms in total. The zero-order chi connectivity index (χ0) is 36.3. The van der Waals surface area contributed by atoms with E-state index in [-0.39, 0.29) is 61.3 Å². The maximum Gasteiger partial charge on any atom is 0.256 e. The molecule has 2 aliphatic heterocycles. The average molecular weight is 698 g/mol. The highest BCUT2D eigenvalue weighted by molar-refractivity contribution is 6.01.